The second-order valence-electron chi connectivity index (χ2n) is 4.08. The molecule has 0 spiro atoms. The minimum absolute atomic E-state index is 0.818. The van der Waals surface area contributed by atoms with Gasteiger partial charge in [-0.25, -0.2) is 0 Å². The number of methoxy groups -OCH3 is 2. The third-order valence-corrected chi connectivity index (χ3v) is 2.51. The molecule has 0 bridgehead atoms. The summed E-state index contributed by atoms with van der Waals surface area (Å²) >= 11 is 0. The van der Waals surface area contributed by atoms with E-state index in [2.05, 4.69) is 17.9 Å². The summed E-state index contributed by atoms with van der Waals surface area (Å²) in [6, 6.07) is 4.22. The number of hydrogen-bond acceptors (Lipinski definition) is 3. The van der Waals surface area contributed by atoms with Crippen LogP contribution in [0.2, 0.25) is 0 Å². The minimum Gasteiger partial charge on any atom is -0.493 e. The van der Waals surface area contributed by atoms with Crippen molar-refractivity contribution in [3.05, 3.63) is 23.3 Å². The highest BCUT2D eigenvalue weighted by Crippen LogP contribution is 2.33. The van der Waals surface area contributed by atoms with Crippen LogP contribution >= 0.6 is 0 Å². The van der Waals surface area contributed by atoms with Crippen LogP contribution in [-0.2, 0) is 13.0 Å². The Balaban J connectivity index is 0.00000137. The molecule has 0 N–H and O–H groups in total. The van der Waals surface area contributed by atoms with Crippen LogP contribution in [-0.4, -0.2) is 33.2 Å². The predicted octanol–water partition coefficient (Wildman–Crippen LogP) is 3.35. The molecule has 3 nitrogen and oxygen atoms in total. The molecular formula is C15H27NO2. The van der Waals surface area contributed by atoms with E-state index in [1.807, 2.05) is 34.0 Å². The SMILES string of the molecule is CC.CCc1cc(CN(C)C)c(OC)c(OC)c1. The minimum atomic E-state index is 0.818. The maximum atomic E-state index is 5.42. The van der Waals surface area contributed by atoms with Crippen molar-refractivity contribution in [3.63, 3.8) is 0 Å². The van der Waals surface area contributed by atoms with Crippen LogP contribution < -0.4 is 9.47 Å². The number of hydrogen-bond donors (Lipinski definition) is 0. The molecule has 1 aromatic carbocycles. The molecule has 0 fully saturated rings. The Morgan fingerprint density at radius 2 is 1.67 bits per heavy atom. The van der Waals surface area contributed by atoms with Crippen molar-refractivity contribution >= 4 is 0 Å². The molecule has 0 radical (unpaired) electrons. The highest BCUT2D eigenvalue weighted by atomic mass is 16.5. The van der Waals surface area contributed by atoms with E-state index in [4.69, 9.17) is 9.47 Å². The number of ether oxygens (including phenoxy) is 2. The summed E-state index contributed by atoms with van der Waals surface area (Å²) in [4.78, 5) is 2.12. The molecule has 0 heterocycles. The van der Waals surface area contributed by atoms with Crippen LogP contribution in [0.15, 0.2) is 12.1 Å². The zero-order valence-electron chi connectivity index (χ0n) is 12.8. The normalized spacial score (nSPS) is 9.78. The van der Waals surface area contributed by atoms with Gasteiger partial charge in [0.15, 0.2) is 11.5 Å². The Kier molecular flexibility index (Phi) is 8.21. The molecule has 0 saturated carbocycles. The van der Waals surface area contributed by atoms with Crippen LogP contribution in [0.1, 0.15) is 31.9 Å². The van der Waals surface area contributed by atoms with Crippen LogP contribution in [0.4, 0.5) is 0 Å². The zero-order valence-corrected chi connectivity index (χ0v) is 12.8. The maximum absolute atomic E-state index is 5.42. The fourth-order valence-corrected chi connectivity index (χ4v) is 1.77. The maximum Gasteiger partial charge on any atom is 0.165 e. The van der Waals surface area contributed by atoms with Crippen molar-refractivity contribution in [2.45, 2.75) is 33.7 Å². The Morgan fingerprint density at radius 3 is 2.06 bits per heavy atom. The highest BCUT2D eigenvalue weighted by Gasteiger charge is 2.12. The molecule has 0 atom stereocenters. The number of benzene rings is 1. The topological polar surface area (TPSA) is 21.7 Å². The number of nitrogens with zero attached hydrogens (tertiary/aromatic N) is 1. The van der Waals surface area contributed by atoms with E-state index in [1.165, 1.54) is 11.1 Å². The first-order valence-corrected chi connectivity index (χ1v) is 6.50. The van der Waals surface area contributed by atoms with Crippen molar-refractivity contribution in [1.29, 1.82) is 0 Å². The molecule has 3 heteroatoms. The molecule has 0 unspecified atom stereocenters. The van der Waals surface area contributed by atoms with Gasteiger partial charge in [0, 0.05) is 12.1 Å². The number of rotatable bonds is 5. The Labute approximate surface area is 112 Å². The van der Waals surface area contributed by atoms with Gasteiger partial charge in [-0.2, -0.15) is 0 Å². The van der Waals surface area contributed by atoms with Gasteiger partial charge in [-0.05, 0) is 32.1 Å². The van der Waals surface area contributed by atoms with Crippen LogP contribution in [0, 0.1) is 0 Å². The Morgan fingerprint density at radius 1 is 1.06 bits per heavy atom. The molecule has 18 heavy (non-hydrogen) atoms. The van der Waals surface area contributed by atoms with Crippen molar-refractivity contribution in [2.24, 2.45) is 0 Å². The van der Waals surface area contributed by atoms with Gasteiger partial charge in [-0.15, -0.1) is 0 Å². The van der Waals surface area contributed by atoms with E-state index >= 15 is 0 Å². The van der Waals surface area contributed by atoms with E-state index in [1.54, 1.807) is 14.2 Å². The third-order valence-electron chi connectivity index (χ3n) is 2.51. The van der Waals surface area contributed by atoms with E-state index in [-0.39, 0.29) is 0 Å². The molecule has 0 aliphatic carbocycles. The lowest BCUT2D eigenvalue weighted by molar-refractivity contribution is 0.338. The summed E-state index contributed by atoms with van der Waals surface area (Å²) < 4.78 is 10.8. The highest BCUT2D eigenvalue weighted by molar-refractivity contribution is 5.49. The van der Waals surface area contributed by atoms with E-state index < -0.39 is 0 Å². The lowest BCUT2D eigenvalue weighted by Gasteiger charge is -2.17. The van der Waals surface area contributed by atoms with Crippen molar-refractivity contribution < 1.29 is 9.47 Å². The van der Waals surface area contributed by atoms with E-state index in [0.29, 0.717) is 0 Å². The second kappa shape index (κ2) is 8.81. The molecule has 1 aromatic rings. The smallest absolute Gasteiger partial charge is 0.165 e. The Hall–Kier alpha value is -1.22. The summed E-state index contributed by atoms with van der Waals surface area (Å²) in [5, 5.41) is 0. The quantitative estimate of drug-likeness (QED) is 0.803. The van der Waals surface area contributed by atoms with Gasteiger partial charge in [0.05, 0.1) is 14.2 Å². The standard InChI is InChI=1S/C13H21NO2.C2H6/c1-6-10-7-11(9-14(2)3)13(16-5)12(8-10)15-4;1-2/h7-8H,6,9H2,1-5H3;1-2H3. The molecule has 0 amide bonds. The molecule has 0 saturated heterocycles. The average molecular weight is 253 g/mol. The molecule has 104 valence electrons. The first kappa shape index (κ1) is 16.8. The largest absolute Gasteiger partial charge is 0.493 e. The summed E-state index contributed by atoms with van der Waals surface area (Å²) in [7, 11) is 7.45. The van der Waals surface area contributed by atoms with Crippen LogP contribution in [0.5, 0.6) is 11.5 Å². The average Bonchev–Trinajstić information content (AvgIpc) is 2.39. The van der Waals surface area contributed by atoms with Gasteiger partial charge in [0.2, 0.25) is 0 Å². The monoisotopic (exact) mass is 253 g/mol. The van der Waals surface area contributed by atoms with Gasteiger partial charge in [0.25, 0.3) is 0 Å². The van der Waals surface area contributed by atoms with Crippen LogP contribution in [0.3, 0.4) is 0 Å². The number of aryl methyl sites for hydroxylation is 1. The molecule has 1 rings (SSSR count). The van der Waals surface area contributed by atoms with Gasteiger partial charge in [-0.3, -0.25) is 0 Å². The lowest BCUT2D eigenvalue weighted by atomic mass is 10.1. The second-order valence-corrected chi connectivity index (χ2v) is 4.08. The molecule has 0 aliphatic heterocycles. The fraction of sp³-hybridized carbons (Fsp3) is 0.600. The predicted molar refractivity (Wildman–Crippen MR) is 77.7 cm³/mol. The first-order chi connectivity index (χ1) is 8.62. The van der Waals surface area contributed by atoms with Crippen molar-refractivity contribution in [1.82, 2.24) is 4.90 Å². The van der Waals surface area contributed by atoms with Gasteiger partial charge in [-0.1, -0.05) is 26.8 Å². The summed E-state index contributed by atoms with van der Waals surface area (Å²) in [5.41, 5.74) is 2.44. The third kappa shape index (κ3) is 4.57. The van der Waals surface area contributed by atoms with E-state index in [0.717, 1.165) is 24.5 Å². The summed E-state index contributed by atoms with van der Waals surface area (Å²) in [5.74, 6) is 1.66. The summed E-state index contributed by atoms with van der Waals surface area (Å²) in [6.07, 6.45) is 1.00. The van der Waals surface area contributed by atoms with Gasteiger partial charge in [0.1, 0.15) is 0 Å². The lowest BCUT2D eigenvalue weighted by Crippen LogP contribution is -2.12. The van der Waals surface area contributed by atoms with E-state index in [9.17, 15) is 0 Å². The molecular weight excluding hydrogens is 226 g/mol. The Bertz CT molecular complexity index is 349. The summed E-state index contributed by atoms with van der Waals surface area (Å²) in [6.45, 7) is 6.99. The zero-order chi connectivity index (χ0) is 14.1. The first-order valence-electron chi connectivity index (χ1n) is 6.50. The van der Waals surface area contributed by atoms with Crippen molar-refractivity contribution in [3.8, 4) is 11.5 Å². The van der Waals surface area contributed by atoms with Gasteiger partial charge < -0.3 is 14.4 Å². The molecule has 0 aromatic heterocycles. The van der Waals surface area contributed by atoms with Crippen molar-refractivity contribution in [2.75, 3.05) is 28.3 Å². The van der Waals surface area contributed by atoms with Gasteiger partial charge >= 0.3 is 0 Å². The fourth-order valence-electron chi connectivity index (χ4n) is 1.77. The van der Waals surface area contributed by atoms with Crippen LogP contribution in [0.25, 0.3) is 0 Å². The molecule has 0 aliphatic rings.